The van der Waals surface area contributed by atoms with Crippen molar-refractivity contribution in [1.29, 1.82) is 0 Å². The predicted octanol–water partition coefficient (Wildman–Crippen LogP) is 0.351. The minimum absolute atomic E-state index is 0.0885. The number of anilines is 2. The van der Waals surface area contributed by atoms with Crippen LogP contribution in [0, 0.1) is 0 Å². The number of carbonyl (C=O) groups is 4. The molecule has 11 nitrogen and oxygen atoms in total. The van der Waals surface area contributed by atoms with Gasteiger partial charge in [-0.25, -0.2) is 9.59 Å². The molecule has 2 aliphatic heterocycles. The smallest absolute Gasteiger partial charge is 0.442 e. The topological polar surface area (TPSA) is 144 Å². The average molecular weight is 421 g/mol. The molecule has 1 fully saturated rings. The third-order valence-corrected chi connectivity index (χ3v) is 4.37. The number of fused-ring (bicyclic) bond motifs is 4. The van der Waals surface area contributed by atoms with Gasteiger partial charge in [0, 0.05) is 18.9 Å². The van der Waals surface area contributed by atoms with Gasteiger partial charge in [-0.2, -0.15) is 0 Å². The number of nitrogens with zero attached hydrogens (tertiary/aromatic N) is 1. The van der Waals surface area contributed by atoms with E-state index in [1.165, 1.54) is 19.1 Å². The first kappa shape index (κ1) is 21.5. The van der Waals surface area contributed by atoms with Gasteiger partial charge in [0.15, 0.2) is 18.1 Å². The van der Waals surface area contributed by atoms with Crippen molar-refractivity contribution in [3.8, 4) is 5.75 Å². The number of nitrogens with one attached hydrogen (secondary N) is 2. The fourth-order valence-electron chi connectivity index (χ4n) is 3.18. The maximum atomic E-state index is 12.5. The monoisotopic (exact) mass is 421 g/mol. The highest BCUT2D eigenvalue weighted by Crippen LogP contribution is 2.42. The van der Waals surface area contributed by atoms with Crippen molar-refractivity contribution < 1.29 is 38.6 Å². The normalized spacial score (nSPS) is 19.3. The van der Waals surface area contributed by atoms with Crippen molar-refractivity contribution in [1.82, 2.24) is 5.32 Å². The van der Waals surface area contributed by atoms with E-state index in [1.807, 2.05) is 6.92 Å². The predicted molar refractivity (Wildman–Crippen MR) is 102 cm³/mol. The van der Waals surface area contributed by atoms with Crippen molar-refractivity contribution in [2.75, 3.05) is 10.4 Å². The van der Waals surface area contributed by atoms with Gasteiger partial charge in [-0.3, -0.25) is 14.9 Å². The summed E-state index contributed by atoms with van der Waals surface area (Å²) in [6.45, 7) is 6.25. The van der Waals surface area contributed by atoms with Gasteiger partial charge in [-0.1, -0.05) is 6.92 Å². The first-order valence-corrected chi connectivity index (χ1v) is 9.37. The van der Waals surface area contributed by atoms with Crippen LogP contribution in [0.1, 0.15) is 39.7 Å². The van der Waals surface area contributed by atoms with Crippen molar-refractivity contribution >= 4 is 35.1 Å². The van der Waals surface area contributed by atoms with Crippen LogP contribution in [-0.4, -0.2) is 46.9 Å². The largest absolute Gasteiger partial charge is 0.473 e. The number of amides is 2. The summed E-state index contributed by atoms with van der Waals surface area (Å²) in [4.78, 5) is 52.6. The highest BCUT2D eigenvalue weighted by Gasteiger charge is 2.45. The highest BCUT2D eigenvalue weighted by molar-refractivity contribution is 6.31. The number of ether oxygens (including phenoxy) is 2. The molecular formula is C19H23N3O8. The lowest BCUT2D eigenvalue weighted by atomic mass is 9.98. The second-order valence-corrected chi connectivity index (χ2v) is 7.45. The molecular weight excluding hydrogens is 398 g/mol. The number of aliphatic hydroxyl groups is 1. The van der Waals surface area contributed by atoms with Crippen molar-refractivity contribution in [2.24, 2.45) is 0 Å². The fourth-order valence-corrected chi connectivity index (χ4v) is 3.18. The SMILES string of the molecule is CCC(NC(C)(C)O)Oc1c(NC(C)=O)ccc2c1CC1OC(=O)C(=O)ON2C1=O. The quantitative estimate of drug-likeness (QED) is 0.337. The molecule has 2 bridgehead atoms. The van der Waals surface area contributed by atoms with Crippen molar-refractivity contribution in [2.45, 2.75) is 58.6 Å². The van der Waals surface area contributed by atoms with E-state index >= 15 is 0 Å². The molecule has 0 radical (unpaired) electrons. The van der Waals surface area contributed by atoms with Gasteiger partial charge >= 0.3 is 17.8 Å². The molecule has 1 saturated heterocycles. The van der Waals surface area contributed by atoms with Gasteiger partial charge in [0.2, 0.25) is 5.91 Å². The summed E-state index contributed by atoms with van der Waals surface area (Å²) in [5, 5.41) is 16.3. The Kier molecular flexibility index (Phi) is 5.68. The average Bonchev–Trinajstić information content (AvgIpc) is 2.70. The number of hydrogen-bond acceptors (Lipinski definition) is 9. The molecule has 0 aromatic heterocycles. The molecule has 2 heterocycles. The Balaban J connectivity index is 2.09. The third kappa shape index (κ3) is 4.36. The molecule has 0 saturated carbocycles. The zero-order valence-electron chi connectivity index (χ0n) is 17.0. The zero-order chi connectivity index (χ0) is 22.2. The van der Waals surface area contributed by atoms with E-state index < -0.39 is 35.9 Å². The van der Waals surface area contributed by atoms with E-state index in [1.54, 1.807) is 13.8 Å². The summed E-state index contributed by atoms with van der Waals surface area (Å²) in [6, 6.07) is 2.95. The van der Waals surface area contributed by atoms with Crippen LogP contribution in [0.2, 0.25) is 0 Å². The lowest BCUT2D eigenvalue weighted by Gasteiger charge is -2.33. The third-order valence-electron chi connectivity index (χ3n) is 4.37. The van der Waals surface area contributed by atoms with E-state index in [-0.39, 0.29) is 23.8 Å². The van der Waals surface area contributed by atoms with Crippen LogP contribution < -0.4 is 20.4 Å². The molecule has 1 aromatic carbocycles. The van der Waals surface area contributed by atoms with E-state index in [0.29, 0.717) is 22.7 Å². The minimum Gasteiger partial charge on any atom is -0.473 e. The van der Waals surface area contributed by atoms with Crippen LogP contribution >= 0.6 is 0 Å². The van der Waals surface area contributed by atoms with Crippen molar-refractivity contribution in [3.05, 3.63) is 17.7 Å². The van der Waals surface area contributed by atoms with Gasteiger partial charge < -0.3 is 24.7 Å². The molecule has 162 valence electrons. The lowest BCUT2D eigenvalue weighted by molar-refractivity contribution is -0.166. The molecule has 3 N–H and O–H groups in total. The molecule has 0 aliphatic carbocycles. The number of rotatable bonds is 6. The summed E-state index contributed by atoms with van der Waals surface area (Å²) < 4.78 is 11.0. The fraction of sp³-hybridized carbons (Fsp3) is 0.474. The highest BCUT2D eigenvalue weighted by atomic mass is 16.7. The second kappa shape index (κ2) is 7.92. The first-order chi connectivity index (χ1) is 14.0. The van der Waals surface area contributed by atoms with E-state index in [2.05, 4.69) is 10.6 Å². The summed E-state index contributed by atoms with van der Waals surface area (Å²) in [6.07, 6.45) is -1.59. The van der Waals surface area contributed by atoms with E-state index in [9.17, 15) is 24.3 Å². The van der Waals surface area contributed by atoms with Crippen LogP contribution in [0.25, 0.3) is 0 Å². The maximum absolute atomic E-state index is 12.5. The summed E-state index contributed by atoms with van der Waals surface area (Å²) >= 11 is 0. The number of hydroxylamine groups is 1. The van der Waals surface area contributed by atoms with Gasteiger partial charge in [0.05, 0.1) is 11.4 Å². The molecule has 3 rings (SSSR count). The van der Waals surface area contributed by atoms with Gasteiger partial charge in [0.25, 0.3) is 0 Å². The van der Waals surface area contributed by atoms with Gasteiger partial charge in [-0.05, 0) is 32.4 Å². The number of benzene rings is 1. The Morgan fingerprint density at radius 3 is 2.63 bits per heavy atom. The molecule has 2 aliphatic rings. The van der Waals surface area contributed by atoms with E-state index in [0.717, 1.165) is 0 Å². The van der Waals surface area contributed by atoms with Crippen LogP contribution in [0.5, 0.6) is 5.75 Å². The summed E-state index contributed by atoms with van der Waals surface area (Å²) in [5.41, 5.74) is -0.362. The Labute approximate surface area is 172 Å². The number of hydrogen-bond donors (Lipinski definition) is 3. The number of esters is 1. The number of carbonyl (C=O) groups excluding carboxylic acids is 4. The van der Waals surface area contributed by atoms with Gasteiger partial charge in [-0.15, -0.1) is 5.06 Å². The van der Waals surface area contributed by atoms with Crippen molar-refractivity contribution in [3.63, 3.8) is 0 Å². The second-order valence-electron chi connectivity index (χ2n) is 7.45. The molecule has 30 heavy (non-hydrogen) atoms. The lowest BCUT2D eigenvalue weighted by Crippen LogP contribution is -2.48. The molecule has 2 unspecified atom stereocenters. The molecule has 1 aromatic rings. The van der Waals surface area contributed by atoms with Crippen LogP contribution in [0.4, 0.5) is 11.4 Å². The Morgan fingerprint density at radius 1 is 1.33 bits per heavy atom. The zero-order valence-corrected chi connectivity index (χ0v) is 17.0. The van der Waals surface area contributed by atoms with Crippen LogP contribution in [-0.2, 0) is 35.2 Å². The maximum Gasteiger partial charge on any atom is 0.442 e. The molecule has 2 amide bonds. The Bertz CT molecular complexity index is 908. The van der Waals surface area contributed by atoms with Gasteiger partial charge in [0.1, 0.15) is 5.72 Å². The summed E-state index contributed by atoms with van der Waals surface area (Å²) in [5.74, 6) is -3.46. The molecule has 11 heteroatoms. The van der Waals surface area contributed by atoms with Crippen LogP contribution in [0.15, 0.2) is 12.1 Å². The Hall–Kier alpha value is -3.18. The van der Waals surface area contributed by atoms with Crippen LogP contribution in [0.3, 0.4) is 0 Å². The molecule has 0 spiro atoms. The Morgan fingerprint density at radius 2 is 2.03 bits per heavy atom. The minimum atomic E-state index is -1.32. The standard InChI is InChI=1S/C19H23N3O8/c1-5-14(21-19(3,4)27)29-15-10-8-13-16(24)22(30-18(26)17(25)28-13)12(10)7-6-11(15)20-9(2)23/h6-7,13-14,21,27H,5,8H2,1-4H3,(H,20,23). The van der Waals surface area contributed by atoms with E-state index in [4.69, 9.17) is 14.3 Å². The first-order valence-electron chi connectivity index (χ1n) is 9.37. The molecule has 2 atom stereocenters. The summed E-state index contributed by atoms with van der Waals surface area (Å²) in [7, 11) is 0.